The van der Waals surface area contributed by atoms with Crippen LogP contribution in [0.25, 0.3) is 38.4 Å². The zero-order valence-corrected chi connectivity index (χ0v) is 21.6. The third-order valence-electron chi connectivity index (χ3n) is 7.37. The number of rotatable bonds is 2. The third-order valence-corrected chi connectivity index (χ3v) is 7.37. The molecule has 0 amide bonds. The molecule has 0 spiro atoms. The second-order valence-electron chi connectivity index (χ2n) is 11.6. The van der Waals surface area contributed by atoms with Crippen LogP contribution in [0.2, 0.25) is 0 Å². The van der Waals surface area contributed by atoms with Crippen LogP contribution in [0, 0.1) is 10.8 Å². The fourth-order valence-corrected chi connectivity index (χ4v) is 6.24. The van der Waals surface area contributed by atoms with E-state index in [1.807, 2.05) is 30.3 Å². The van der Waals surface area contributed by atoms with E-state index in [4.69, 9.17) is 14.2 Å². The first-order valence-corrected chi connectivity index (χ1v) is 12.6. The van der Waals surface area contributed by atoms with Crippen LogP contribution in [0.15, 0.2) is 66.2 Å². The molecule has 4 heteroatoms. The number of fused-ring (bicyclic) bond motifs is 3. The monoisotopic (exact) mass is 480 g/mol. The number of aromatic hydroxyl groups is 1. The van der Waals surface area contributed by atoms with Crippen LogP contribution in [-0.2, 0) is 16.1 Å². The van der Waals surface area contributed by atoms with Gasteiger partial charge in [-0.2, -0.15) is 0 Å². The highest BCUT2D eigenvalue weighted by atomic mass is 16.7. The van der Waals surface area contributed by atoms with Crippen molar-refractivity contribution in [2.45, 2.75) is 41.2 Å². The molecule has 0 bridgehead atoms. The Morgan fingerprint density at radius 2 is 1.53 bits per heavy atom. The predicted molar refractivity (Wildman–Crippen MR) is 145 cm³/mol. The number of phenols is 1. The molecular weight excluding hydrogens is 448 g/mol. The molecule has 0 aliphatic carbocycles. The summed E-state index contributed by atoms with van der Waals surface area (Å²) in [5, 5.41) is 15.9. The van der Waals surface area contributed by atoms with Crippen LogP contribution in [0.5, 0.6) is 11.5 Å². The molecule has 4 aromatic carbocycles. The highest BCUT2D eigenvalue weighted by Gasteiger charge is 2.42. The van der Waals surface area contributed by atoms with E-state index in [1.54, 1.807) is 0 Å². The molecule has 0 saturated heterocycles. The minimum Gasteiger partial charge on any atom is -0.507 e. The maximum atomic E-state index is 11.7. The summed E-state index contributed by atoms with van der Waals surface area (Å²) in [7, 11) is 0. The summed E-state index contributed by atoms with van der Waals surface area (Å²) in [5.74, 6) is 1.88. The van der Waals surface area contributed by atoms with E-state index in [1.165, 1.54) is 5.57 Å². The van der Waals surface area contributed by atoms with Crippen molar-refractivity contribution in [2.24, 2.45) is 10.8 Å². The van der Waals surface area contributed by atoms with Crippen molar-refractivity contribution in [3.63, 3.8) is 0 Å². The van der Waals surface area contributed by atoms with Gasteiger partial charge in [-0.1, -0.05) is 83.1 Å². The van der Waals surface area contributed by atoms with E-state index in [0.717, 1.165) is 55.3 Å². The smallest absolute Gasteiger partial charge is 0.189 e. The summed E-state index contributed by atoms with van der Waals surface area (Å²) in [6, 6.07) is 20.5. The van der Waals surface area contributed by atoms with Gasteiger partial charge in [0.1, 0.15) is 17.3 Å². The molecule has 4 nitrogen and oxygen atoms in total. The fraction of sp³-hybridized carbons (Fsp3) is 0.312. The Balaban J connectivity index is 1.71. The van der Waals surface area contributed by atoms with E-state index in [2.05, 4.69) is 65.0 Å². The molecule has 0 radical (unpaired) electrons. The second kappa shape index (κ2) is 8.01. The van der Waals surface area contributed by atoms with Gasteiger partial charge in [0.05, 0.1) is 13.2 Å². The molecule has 2 aliphatic heterocycles. The highest BCUT2D eigenvalue weighted by Crippen LogP contribution is 2.53. The first-order valence-electron chi connectivity index (χ1n) is 12.6. The maximum Gasteiger partial charge on any atom is 0.189 e. The predicted octanol–water partition coefficient (Wildman–Crippen LogP) is 8.05. The van der Waals surface area contributed by atoms with Gasteiger partial charge in [-0.25, -0.2) is 0 Å². The molecule has 0 unspecified atom stereocenters. The first kappa shape index (κ1) is 22.9. The lowest BCUT2D eigenvalue weighted by atomic mass is 9.71. The van der Waals surface area contributed by atoms with E-state index < -0.39 is 0 Å². The molecular formula is C32H32O4. The summed E-state index contributed by atoms with van der Waals surface area (Å²) in [6.07, 6.45) is 0. The van der Waals surface area contributed by atoms with Crippen LogP contribution in [0.1, 0.15) is 45.7 Å². The number of hydrogen-bond donors (Lipinski definition) is 1. The number of hydrogen-bond acceptors (Lipinski definition) is 4. The summed E-state index contributed by atoms with van der Waals surface area (Å²) < 4.78 is 18.1. The van der Waals surface area contributed by atoms with Crippen LogP contribution in [0.4, 0.5) is 0 Å². The van der Waals surface area contributed by atoms with Crippen molar-refractivity contribution in [1.82, 2.24) is 0 Å². The fourth-order valence-electron chi connectivity index (χ4n) is 6.24. The van der Waals surface area contributed by atoms with Crippen molar-refractivity contribution in [3.05, 3.63) is 77.4 Å². The summed E-state index contributed by atoms with van der Waals surface area (Å²) in [6.45, 7) is 12.5. The third kappa shape index (κ3) is 3.47. The minimum absolute atomic E-state index is 0.0761. The van der Waals surface area contributed by atoms with Crippen molar-refractivity contribution >= 4 is 27.3 Å². The standard InChI is InChI=1S/C32H32O4/c1-31(2,3)30-29(35-17-32(30,4)5)24-15-25(33)26(23-13-9-8-12-22(23)24)27-21-11-7-6-10-19(21)14-20-16-34-18-36-28(20)27/h6-15,33H,16-18H2,1-5H3. The zero-order chi connectivity index (χ0) is 25.2. The molecule has 184 valence electrons. The van der Waals surface area contributed by atoms with Crippen LogP contribution in [-0.4, -0.2) is 18.5 Å². The van der Waals surface area contributed by atoms with Crippen LogP contribution < -0.4 is 4.74 Å². The molecule has 2 heterocycles. The molecule has 6 rings (SSSR count). The van der Waals surface area contributed by atoms with Gasteiger partial charge in [-0.3, -0.25) is 0 Å². The molecule has 4 aromatic rings. The normalized spacial score (nSPS) is 17.2. The average molecular weight is 481 g/mol. The van der Waals surface area contributed by atoms with Gasteiger partial charge < -0.3 is 19.3 Å². The lowest BCUT2D eigenvalue weighted by Gasteiger charge is -2.31. The Labute approximate surface area is 212 Å². The van der Waals surface area contributed by atoms with Gasteiger partial charge in [0, 0.05) is 27.7 Å². The number of benzene rings is 4. The molecule has 0 atom stereocenters. The van der Waals surface area contributed by atoms with E-state index >= 15 is 0 Å². The van der Waals surface area contributed by atoms with Crippen molar-refractivity contribution < 1.29 is 19.3 Å². The van der Waals surface area contributed by atoms with E-state index in [0.29, 0.717) is 13.2 Å². The molecule has 0 fully saturated rings. The summed E-state index contributed by atoms with van der Waals surface area (Å²) >= 11 is 0. The topological polar surface area (TPSA) is 47.9 Å². The number of ether oxygens (including phenoxy) is 3. The molecule has 36 heavy (non-hydrogen) atoms. The zero-order valence-electron chi connectivity index (χ0n) is 21.6. The summed E-state index contributed by atoms with van der Waals surface area (Å²) in [4.78, 5) is 0. The Morgan fingerprint density at radius 3 is 2.28 bits per heavy atom. The van der Waals surface area contributed by atoms with Crippen LogP contribution >= 0.6 is 0 Å². The van der Waals surface area contributed by atoms with Gasteiger partial charge >= 0.3 is 0 Å². The van der Waals surface area contributed by atoms with E-state index in [9.17, 15) is 5.11 Å². The highest BCUT2D eigenvalue weighted by molar-refractivity contribution is 6.12. The lowest BCUT2D eigenvalue weighted by molar-refractivity contribution is -0.0157. The van der Waals surface area contributed by atoms with Crippen LogP contribution in [0.3, 0.4) is 0 Å². The largest absolute Gasteiger partial charge is 0.507 e. The SMILES string of the molecule is CC(C)(C)C1=C(c2cc(O)c(-c3c4c(cc5ccccc35)COCO4)c3ccccc23)OCC1(C)C. The molecule has 2 aliphatic rings. The van der Waals surface area contributed by atoms with Gasteiger partial charge in [0.15, 0.2) is 6.79 Å². The Morgan fingerprint density at radius 1 is 0.833 bits per heavy atom. The van der Waals surface area contributed by atoms with E-state index in [-0.39, 0.29) is 23.4 Å². The Kier molecular flexibility index (Phi) is 5.10. The number of phenolic OH excluding ortho intramolecular Hbond substituents is 1. The molecule has 0 aromatic heterocycles. The van der Waals surface area contributed by atoms with Crippen molar-refractivity contribution in [2.75, 3.05) is 13.4 Å². The van der Waals surface area contributed by atoms with Crippen molar-refractivity contribution in [3.8, 4) is 22.6 Å². The Bertz CT molecular complexity index is 1550. The molecule has 0 saturated carbocycles. The van der Waals surface area contributed by atoms with Gasteiger partial charge in [-0.15, -0.1) is 0 Å². The van der Waals surface area contributed by atoms with Gasteiger partial charge in [0.2, 0.25) is 0 Å². The quantitative estimate of drug-likeness (QED) is 0.315. The summed E-state index contributed by atoms with van der Waals surface area (Å²) in [5.41, 5.74) is 4.71. The Hall–Kier alpha value is -3.50. The average Bonchev–Trinajstić information content (AvgIpc) is 3.18. The minimum atomic E-state index is -0.0917. The second-order valence-corrected chi connectivity index (χ2v) is 11.6. The van der Waals surface area contributed by atoms with Crippen molar-refractivity contribution in [1.29, 1.82) is 0 Å². The van der Waals surface area contributed by atoms with Gasteiger partial charge in [0.25, 0.3) is 0 Å². The molecule has 1 N–H and O–H groups in total. The lowest BCUT2D eigenvalue weighted by Crippen LogP contribution is -2.24. The maximum absolute atomic E-state index is 11.7. The first-order chi connectivity index (χ1) is 17.2. The van der Waals surface area contributed by atoms with Gasteiger partial charge in [-0.05, 0) is 44.7 Å².